The number of likely N-dealkylation sites (tertiary alicyclic amines) is 2. The SMILES string of the molecule is CNC1CCCN(CC(=O)N2CCCCCC2c2ccc(OC)cc2)C1.Cl. The van der Waals surface area contributed by atoms with E-state index in [1.165, 1.54) is 31.2 Å². The molecule has 2 aliphatic heterocycles. The van der Waals surface area contributed by atoms with Crippen LogP contribution in [-0.4, -0.2) is 62.1 Å². The van der Waals surface area contributed by atoms with Crippen molar-refractivity contribution in [3.05, 3.63) is 29.8 Å². The average Bonchev–Trinajstić information content (AvgIpc) is 2.94. The van der Waals surface area contributed by atoms with Gasteiger partial charge in [0.25, 0.3) is 0 Å². The molecule has 0 radical (unpaired) electrons. The quantitative estimate of drug-likeness (QED) is 0.831. The molecule has 152 valence electrons. The Morgan fingerprint density at radius 3 is 2.59 bits per heavy atom. The molecule has 27 heavy (non-hydrogen) atoms. The molecule has 2 unspecified atom stereocenters. The van der Waals surface area contributed by atoms with Gasteiger partial charge in [0.2, 0.25) is 5.91 Å². The molecule has 0 saturated carbocycles. The highest BCUT2D eigenvalue weighted by molar-refractivity contribution is 5.85. The van der Waals surface area contributed by atoms with E-state index in [2.05, 4.69) is 27.2 Å². The lowest BCUT2D eigenvalue weighted by atomic mass is 10.0. The summed E-state index contributed by atoms with van der Waals surface area (Å²) in [4.78, 5) is 17.6. The highest BCUT2D eigenvalue weighted by Gasteiger charge is 2.29. The van der Waals surface area contributed by atoms with Crippen LogP contribution in [0.4, 0.5) is 0 Å². The molecule has 0 aliphatic carbocycles. The van der Waals surface area contributed by atoms with Crippen molar-refractivity contribution in [1.82, 2.24) is 15.1 Å². The number of ether oxygens (including phenoxy) is 1. The van der Waals surface area contributed by atoms with Gasteiger partial charge in [-0.3, -0.25) is 9.69 Å². The second-order valence-electron chi connectivity index (χ2n) is 7.59. The van der Waals surface area contributed by atoms with Gasteiger partial charge >= 0.3 is 0 Å². The fourth-order valence-corrected chi connectivity index (χ4v) is 4.30. The van der Waals surface area contributed by atoms with Crippen molar-refractivity contribution < 1.29 is 9.53 Å². The van der Waals surface area contributed by atoms with Crippen molar-refractivity contribution in [2.75, 3.05) is 40.3 Å². The van der Waals surface area contributed by atoms with Gasteiger partial charge in [-0.15, -0.1) is 12.4 Å². The summed E-state index contributed by atoms with van der Waals surface area (Å²) in [6.45, 7) is 3.43. The van der Waals surface area contributed by atoms with Gasteiger partial charge < -0.3 is 15.0 Å². The molecule has 1 amide bonds. The smallest absolute Gasteiger partial charge is 0.237 e. The summed E-state index contributed by atoms with van der Waals surface area (Å²) >= 11 is 0. The molecule has 6 heteroatoms. The summed E-state index contributed by atoms with van der Waals surface area (Å²) in [6.07, 6.45) is 6.93. The molecule has 1 aromatic carbocycles. The van der Waals surface area contributed by atoms with Gasteiger partial charge in [0.05, 0.1) is 19.7 Å². The van der Waals surface area contributed by atoms with Crippen LogP contribution in [0.5, 0.6) is 5.75 Å². The first kappa shape index (κ1) is 22.0. The largest absolute Gasteiger partial charge is 0.497 e. The number of nitrogens with one attached hydrogen (secondary N) is 1. The van der Waals surface area contributed by atoms with Crippen molar-refractivity contribution in [2.24, 2.45) is 0 Å². The third-order valence-corrected chi connectivity index (χ3v) is 5.85. The third-order valence-electron chi connectivity index (χ3n) is 5.85. The second-order valence-corrected chi connectivity index (χ2v) is 7.59. The topological polar surface area (TPSA) is 44.8 Å². The third kappa shape index (κ3) is 5.84. The maximum Gasteiger partial charge on any atom is 0.237 e. The number of benzene rings is 1. The Kier molecular flexibility index (Phi) is 8.87. The van der Waals surface area contributed by atoms with E-state index >= 15 is 0 Å². The first-order valence-corrected chi connectivity index (χ1v) is 10.0. The van der Waals surface area contributed by atoms with Gasteiger partial charge in [0, 0.05) is 19.1 Å². The van der Waals surface area contributed by atoms with E-state index in [4.69, 9.17) is 4.74 Å². The van der Waals surface area contributed by atoms with Gasteiger partial charge in [-0.25, -0.2) is 0 Å². The summed E-state index contributed by atoms with van der Waals surface area (Å²) < 4.78 is 5.28. The van der Waals surface area contributed by atoms with E-state index in [-0.39, 0.29) is 24.4 Å². The summed E-state index contributed by atoms with van der Waals surface area (Å²) in [5.74, 6) is 1.15. The number of carbonyl (C=O) groups excluding carboxylic acids is 1. The molecule has 5 nitrogen and oxygen atoms in total. The summed E-state index contributed by atoms with van der Waals surface area (Å²) in [5, 5.41) is 3.36. The van der Waals surface area contributed by atoms with E-state index in [1.807, 2.05) is 19.2 Å². The minimum Gasteiger partial charge on any atom is -0.497 e. The zero-order valence-electron chi connectivity index (χ0n) is 16.7. The monoisotopic (exact) mass is 395 g/mol. The maximum absolute atomic E-state index is 13.2. The molecular formula is C21H34ClN3O2. The first-order valence-electron chi connectivity index (χ1n) is 10.0. The van der Waals surface area contributed by atoms with Crippen LogP contribution in [-0.2, 0) is 4.79 Å². The van der Waals surface area contributed by atoms with Gasteiger partial charge in [-0.1, -0.05) is 25.0 Å². The zero-order chi connectivity index (χ0) is 18.4. The van der Waals surface area contributed by atoms with Crippen molar-refractivity contribution in [3.8, 4) is 5.75 Å². The Labute approximate surface area is 169 Å². The number of likely N-dealkylation sites (N-methyl/N-ethyl adjacent to an activating group) is 1. The predicted octanol–water partition coefficient (Wildman–Crippen LogP) is 3.24. The fraction of sp³-hybridized carbons (Fsp3) is 0.667. The van der Waals surface area contributed by atoms with Crippen molar-refractivity contribution in [1.29, 1.82) is 0 Å². The van der Waals surface area contributed by atoms with E-state index in [9.17, 15) is 4.79 Å². The predicted molar refractivity (Wildman–Crippen MR) is 112 cm³/mol. The number of halogens is 1. The molecule has 0 spiro atoms. The van der Waals surface area contributed by atoms with Crippen LogP contribution in [0, 0.1) is 0 Å². The molecular weight excluding hydrogens is 362 g/mol. The van der Waals surface area contributed by atoms with E-state index in [1.54, 1.807) is 7.11 Å². The number of nitrogens with zero attached hydrogens (tertiary/aromatic N) is 2. The summed E-state index contributed by atoms with van der Waals surface area (Å²) in [5.41, 5.74) is 1.23. The lowest BCUT2D eigenvalue weighted by Gasteiger charge is -2.36. The molecule has 2 saturated heterocycles. The lowest BCUT2D eigenvalue weighted by molar-refractivity contribution is -0.135. The Morgan fingerprint density at radius 1 is 1.11 bits per heavy atom. The normalized spacial score (nSPS) is 24.0. The van der Waals surface area contributed by atoms with Crippen LogP contribution in [0.15, 0.2) is 24.3 Å². The highest BCUT2D eigenvalue weighted by Crippen LogP contribution is 2.31. The molecule has 2 fully saturated rings. The first-order chi connectivity index (χ1) is 12.7. The number of hydrogen-bond acceptors (Lipinski definition) is 4. The maximum atomic E-state index is 13.2. The Bertz CT molecular complexity index is 581. The van der Waals surface area contributed by atoms with Crippen LogP contribution < -0.4 is 10.1 Å². The van der Waals surface area contributed by atoms with Gasteiger partial charge in [0.1, 0.15) is 5.75 Å². The van der Waals surface area contributed by atoms with E-state index < -0.39 is 0 Å². The average molecular weight is 396 g/mol. The zero-order valence-corrected chi connectivity index (χ0v) is 17.5. The number of rotatable bonds is 5. The summed E-state index contributed by atoms with van der Waals surface area (Å²) in [6, 6.07) is 8.95. The van der Waals surface area contributed by atoms with Crippen LogP contribution >= 0.6 is 12.4 Å². The van der Waals surface area contributed by atoms with Crippen LogP contribution in [0.25, 0.3) is 0 Å². The minimum atomic E-state index is 0. The van der Waals surface area contributed by atoms with Gasteiger partial charge in [-0.2, -0.15) is 0 Å². The molecule has 1 N–H and O–H groups in total. The van der Waals surface area contributed by atoms with Crippen molar-refractivity contribution in [3.63, 3.8) is 0 Å². The molecule has 1 aromatic rings. The number of piperidine rings is 1. The second kappa shape index (κ2) is 10.9. The fourth-order valence-electron chi connectivity index (χ4n) is 4.30. The van der Waals surface area contributed by atoms with Gasteiger partial charge in [-0.05, 0) is 57.0 Å². The van der Waals surface area contributed by atoms with Crippen LogP contribution in [0.2, 0.25) is 0 Å². The Balaban J connectivity index is 0.00000261. The highest BCUT2D eigenvalue weighted by atomic mass is 35.5. The van der Waals surface area contributed by atoms with Crippen LogP contribution in [0.1, 0.15) is 50.1 Å². The number of amides is 1. The Hall–Kier alpha value is -1.30. The molecule has 2 heterocycles. The van der Waals surface area contributed by atoms with E-state index in [0.717, 1.165) is 38.2 Å². The van der Waals surface area contributed by atoms with Gasteiger partial charge in [0.15, 0.2) is 0 Å². The molecule has 0 aromatic heterocycles. The molecule has 2 aliphatic rings. The van der Waals surface area contributed by atoms with Crippen molar-refractivity contribution >= 4 is 18.3 Å². The minimum absolute atomic E-state index is 0. The molecule has 0 bridgehead atoms. The number of methoxy groups -OCH3 is 1. The van der Waals surface area contributed by atoms with E-state index in [0.29, 0.717) is 12.6 Å². The molecule has 2 atom stereocenters. The number of carbonyl (C=O) groups is 1. The molecule has 3 rings (SSSR count). The van der Waals surface area contributed by atoms with Crippen molar-refractivity contribution in [2.45, 2.75) is 50.6 Å². The summed E-state index contributed by atoms with van der Waals surface area (Å²) in [7, 11) is 3.71. The number of hydrogen-bond donors (Lipinski definition) is 1. The van der Waals surface area contributed by atoms with Crippen LogP contribution in [0.3, 0.4) is 0 Å². The Morgan fingerprint density at radius 2 is 1.89 bits per heavy atom. The standard InChI is InChI=1S/C21H33N3O2.ClH/c1-22-18-7-6-13-23(15-18)16-21(25)24-14-5-3-4-8-20(24)17-9-11-19(26-2)12-10-17;/h9-12,18,20,22H,3-8,13-16H2,1-2H3;1H. The lowest BCUT2D eigenvalue weighted by Crippen LogP contribution is -2.49.